The average Bonchev–Trinajstić information content (AvgIpc) is 2.79. The van der Waals surface area contributed by atoms with Crippen molar-refractivity contribution >= 4 is 11.9 Å². The molecular weight excluding hydrogens is 394 g/mol. The fraction of sp³-hybridized carbons (Fsp3) is 0.417. The third-order valence-corrected chi connectivity index (χ3v) is 5.64. The van der Waals surface area contributed by atoms with Crippen molar-refractivity contribution in [2.75, 3.05) is 7.11 Å². The maximum Gasteiger partial charge on any atom is 0.342 e. The van der Waals surface area contributed by atoms with Crippen LogP contribution in [0.3, 0.4) is 0 Å². The van der Waals surface area contributed by atoms with Gasteiger partial charge in [0.15, 0.2) is 0 Å². The number of nitrogens with two attached hydrogens (primary N) is 2. The molecule has 0 aromatic heterocycles. The number of esters is 1. The largest absolute Gasteiger partial charge is 0.496 e. The van der Waals surface area contributed by atoms with Crippen molar-refractivity contribution in [2.24, 2.45) is 11.5 Å². The number of carbonyl (C=O) groups excluding carboxylic acids is 2. The molecule has 1 fully saturated rings. The molecule has 0 heterocycles. The Balaban J connectivity index is 1.63. The quantitative estimate of drug-likeness (QED) is 0.559. The highest BCUT2D eigenvalue weighted by Gasteiger charge is 2.26. The van der Waals surface area contributed by atoms with Gasteiger partial charge < -0.3 is 26.3 Å². The summed E-state index contributed by atoms with van der Waals surface area (Å²) in [7, 11) is 1.50. The summed E-state index contributed by atoms with van der Waals surface area (Å²) in [6, 6.07) is 13.8. The molecule has 166 valence electrons. The highest BCUT2D eigenvalue weighted by Crippen LogP contribution is 2.22. The SMILES string of the molecule is COc1ccc(C[C@H](N)C(=O)NC2CCCCC2N)cc1C(=O)OCc1ccccc1. The molecule has 5 N–H and O–H groups in total. The van der Waals surface area contributed by atoms with Crippen LogP contribution in [0.2, 0.25) is 0 Å². The minimum atomic E-state index is -0.740. The van der Waals surface area contributed by atoms with Crippen LogP contribution < -0.4 is 21.5 Å². The van der Waals surface area contributed by atoms with E-state index in [4.69, 9.17) is 20.9 Å². The van der Waals surface area contributed by atoms with E-state index in [0.29, 0.717) is 11.3 Å². The zero-order chi connectivity index (χ0) is 22.2. The topological polar surface area (TPSA) is 117 Å². The number of benzene rings is 2. The summed E-state index contributed by atoms with van der Waals surface area (Å²) in [5.74, 6) is -0.312. The predicted molar refractivity (Wildman–Crippen MR) is 119 cm³/mol. The first-order valence-electron chi connectivity index (χ1n) is 10.7. The van der Waals surface area contributed by atoms with Crippen LogP contribution in [0.15, 0.2) is 48.5 Å². The molecule has 7 heteroatoms. The molecule has 0 bridgehead atoms. The van der Waals surface area contributed by atoms with E-state index in [1.807, 2.05) is 30.3 Å². The van der Waals surface area contributed by atoms with Gasteiger partial charge in [0, 0.05) is 12.1 Å². The van der Waals surface area contributed by atoms with Crippen LogP contribution in [0.5, 0.6) is 5.75 Å². The molecule has 2 aromatic carbocycles. The van der Waals surface area contributed by atoms with Crippen LogP contribution in [-0.4, -0.2) is 37.1 Å². The second-order valence-corrected chi connectivity index (χ2v) is 7.97. The fourth-order valence-electron chi connectivity index (χ4n) is 3.82. The van der Waals surface area contributed by atoms with E-state index in [1.54, 1.807) is 18.2 Å². The Hall–Kier alpha value is -2.90. The van der Waals surface area contributed by atoms with Crippen molar-refractivity contribution in [3.8, 4) is 5.75 Å². The standard InChI is InChI=1S/C24H31N3O4/c1-30-22-12-11-17(13-18(22)24(29)31-15-16-7-3-2-4-8-16)14-20(26)23(28)27-21-10-6-5-9-19(21)25/h2-4,7-8,11-13,19-21H,5-6,9-10,14-15,25-26H2,1H3,(H,27,28)/t19?,20-,21?/m0/s1. The van der Waals surface area contributed by atoms with E-state index >= 15 is 0 Å². The van der Waals surface area contributed by atoms with Crippen molar-refractivity contribution in [3.05, 3.63) is 65.2 Å². The molecule has 0 radical (unpaired) electrons. The number of nitrogens with one attached hydrogen (secondary N) is 1. The first kappa shape index (κ1) is 22.8. The van der Waals surface area contributed by atoms with Crippen molar-refractivity contribution < 1.29 is 19.1 Å². The Morgan fingerprint density at radius 1 is 1.10 bits per heavy atom. The Bertz CT molecular complexity index is 888. The maximum atomic E-state index is 12.6. The number of hydrogen-bond donors (Lipinski definition) is 3. The van der Waals surface area contributed by atoms with Gasteiger partial charge in [0.25, 0.3) is 0 Å². The molecular formula is C24H31N3O4. The minimum absolute atomic E-state index is 0.0307. The van der Waals surface area contributed by atoms with Gasteiger partial charge in [0.2, 0.25) is 5.91 Å². The Morgan fingerprint density at radius 3 is 2.55 bits per heavy atom. The lowest BCUT2D eigenvalue weighted by Gasteiger charge is -2.30. The molecule has 7 nitrogen and oxygen atoms in total. The number of carbonyl (C=O) groups is 2. The lowest BCUT2D eigenvalue weighted by Crippen LogP contribution is -2.53. The maximum absolute atomic E-state index is 12.6. The monoisotopic (exact) mass is 425 g/mol. The lowest BCUT2D eigenvalue weighted by atomic mass is 9.90. The van der Waals surface area contributed by atoms with Gasteiger partial charge in [-0.1, -0.05) is 49.2 Å². The van der Waals surface area contributed by atoms with E-state index in [-0.39, 0.29) is 31.0 Å². The molecule has 3 atom stereocenters. The Kier molecular flexibility index (Phi) is 8.03. The van der Waals surface area contributed by atoms with Crippen molar-refractivity contribution in [1.82, 2.24) is 5.32 Å². The Labute approximate surface area is 183 Å². The van der Waals surface area contributed by atoms with Crippen LogP contribution in [0.25, 0.3) is 0 Å². The van der Waals surface area contributed by atoms with E-state index in [0.717, 1.165) is 36.8 Å². The molecule has 0 saturated heterocycles. The third-order valence-electron chi connectivity index (χ3n) is 5.64. The summed E-state index contributed by atoms with van der Waals surface area (Å²) < 4.78 is 10.7. The molecule has 1 saturated carbocycles. The fourth-order valence-corrected chi connectivity index (χ4v) is 3.82. The van der Waals surface area contributed by atoms with E-state index in [2.05, 4.69) is 5.32 Å². The van der Waals surface area contributed by atoms with Crippen LogP contribution >= 0.6 is 0 Å². The number of ether oxygens (including phenoxy) is 2. The first-order chi connectivity index (χ1) is 15.0. The van der Waals surface area contributed by atoms with Gasteiger partial charge in [-0.3, -0.25) is 4.79 Å². The van der Waals surface area contributed by atoms with E-state index in [9.17, 15) is 9.59 Å². The molecule has 0 aliphatic heterocycles. The molecule has 1 amide bonds. The van der Waals surface area contributed by atoms with Crippen LogP contribution in [0.1, 0.15) is 47.2 Å². The average molecular weight is 426 g/mol. The number of rotatable bonds is 8. The summed E-state index contributed by atoms with van der Waals surface area (Å²) in [5, 5.41) is 2.98. The number of amides is 1. The van der Waals surface area contributed by atoms with Crippen molar-refractivity contribution in [1.29, 1.82) is 0 Å². The summed E-state index contributed by atoms with van der Waals surface area (Å²) >= 11 is 0. The van der Waals surface area contributed by atoms with Gasteiger partial charge >= 0.3 is 5.97 Å². The van der Waals surface area contributed by atoms with Gasteiger partial charge in [0.05, 0.1) is 13.2 Å². The smallest absolute Gasteiger partial charge is 0.342 e. The zero-order valence-corrected chi connectivity index (χ0v) is 17.9. The Morgan fingerprint density at radius 2 is 1.84 bits per heavy atom. The number of methoxy groups -OCH3 is 1. The molecule has 1 aliphatic rings. The van der Waals surface area contributed by atoms with E-state index in [1.165, 1.54) is 7.11 Å². The van der Waals surface area contributed by atoms with Gasteiger partial charge in [-0.2, -0.15) is 0 Å². The van der Waals surface area contributed by atoms with Gasteiger partial charge in [-0.05, 0) is 42.5 Å². The second kappa shape index (κ2) is 10.9. The van der Waals surface area contributed by atoms with Gasteiger partial charge in [-0.25, -0.2) is 4.79 Å². The summed E-state index contributed by atoms with van der Waals surface area (Å²) in [4.78, 5) is 25.2. The summed E-state index contributed by atoms with van der Waals surface area (Å²) in [6.45, 7) is 0.163. The highest BCUT2D eigenvalue weighted by molar-refractivity contribution is 5.93. The molecule has 1 aliphatic carbocycles. The normalized spacial score (nSPS) is 19.3. The summed E-state index contributed by atoms with van der Waals surface area (Å²) in [5.41, 5.74) is 14.2. The molecule has 3 rings (SSSR count). The van der Waals surface area contributed by atoms with Gasteiger partial charge in [0.1, 0.15) is 17.9 Å². The zero-order valence-electron chi connectivity index (χ0n) is 17.9. The third kappa shape index (κ3) is 6.29. The summed E-state index contributed by atoms with van der Waals surface area (Å²) in [6.07, 6.45) is 4.22. The van der Waals surface area contributed by atoms with Crippen LogP contribution in [0.4, 0.5) is 0 Å². The predicted octanol–water partition coefficient (Wildman–Crippen LogP) is 2.31. The molecule has 0 spiro atoms. The van der Waals surface area contributed by atoms with Crippen molar-refractivity contribution in [3.63, 3.8) is 0 Å². The van der Waals surface area contributed by atoms with E-state index < -0.39 is 12.0 Å². The lowest BCUT2D eigenvalue weighted by molar-refractivity contribution is -0.123. The van der Waals surface area contributed by atoms with Crippen LogP contribution in [-0.2, 0) is 22.6 Å². The van der Waals surface area contributed by atoms with Crippen LogP contribution in [0, 0.1) is 0 Å². The first-order valence-corrected chi connectivity index (χ1v) is 10.7. The number of hydrogen-bond acceptors (Lipinski definition) is 6. The molecule has 2 aromatic rings. The molecule has 2 unspecified atom stereocenters. The van der Waals surface area contributed by atoms with Crippen molar-refractivity contribution in [2.45, 2.75) is 56.8 Å². The van der Waals surface area contributed by atoms with Gasteiger partial charge in [-0.15, -0.1) is 0 Å². The minimum Gasteiger partial charge on any atom is -0.496 e. The second-order valence-electron chi connectivity index (χ2n) is 7.97. The molecule has 31 heavy (non-hydrogen) atoms. The highest BCUT2D eigenvalue weighted by atomic mass is 16.5.